The Balaban J connectivity index is 1.99. The topological polar surface area (TPSA) is 139 Å². The van der Waals surface area contributed by atoms with Gasteiger partial charge < -0.3 is 20.8 Å². The largest absolute Gasteiger partial charge is 0.493 e. The molecule has 0 saturated carbocycles. The van der Waals surface area contributed by atoms with E-state index >= 15 is 0 Å². The first kappa shape index (κ1) is 25.8. The third-order valence-electron chi connectivity index (χ3n) is 5.05. The van der Waals surface area contributed by atoms with Gasteiger partial charge in [-0.25, -0.2) is 10.8 Å². The Morgan fingerprint density at radius 3 is 2.43 bits per heavy atom. The van der Waals surface area contributed by atoms with Gasteiger partial charge in [-0.15, -0.1) is 0 Å². The molecule has 0 radical (unpaired) electrons. The number of H-pyrrole nitrogens is 1. The van der Waals surface area contributed by atoms with Gasteiger partial charge in [-0.3, -0.25) is 14.6 Å². The Hall–Kier alpha value is -3.80. The van der Waals surface area contributed by atoms with Gasteiger partial charge in [-0.1, -0.05) is 26.8 Å². The van der Waals surface area contributed by atoms with Crippen LogP contribution in [0.5, 0.6) is 5.75 Å². The lowest BCUT2D eigenvalue weighted by atomic mass is 9.95. The van der Waals surface area contributed by atoms with Gasteiger partial charge in [0.1, 0.15) is 5.75 Å². The fourth-order valence-electron chi connectivity index (χ4n) is 3.43. The van der Waals surface area contributed by atoms with Crippen LogP contribution < -0.4 is 21.6 Å². The second-order valence-electron chi connectivity index (χ2n) is 8.93. The van der Waals surface area contributed by atoms with Crippen LogP contribution in [0.3, 0.4) is 0 Å². The lowest BCUT2D eigenvalue weighted by molar-refractivity contribution is -0.140. The molecule has 0 fully saturated rings. The van der Waals surface area contributed by atoms with Crippen LogP contribution in [0.15, 0.2) is 30.3 Å². The number of nitrogens with zero attached hydrogens (tertiary/aromatic N) is 2. The normalized spacial score (nSPS) is 12.0. The van der Waals surface area contributed by atoms with E-state index in [1.807, 2.05) is 0 Å². The van der Waals surface area contributed by atoms with Gasteiger partial charge in [0.15, 0.2) is 0 Å². The quantitative estimate of drug-likeness (QED) is 0.223. The molecule has 1 heterocycles. The molecule has 188 valence electrons. The van der Waals surface area contributed by atoms with Gasteiger partial charge in [0.2, 0.25) is 11.9 Å². The summed E-state index contributed by atoms with van der Waals surface area (Å²) in [7, 11) is 0. The van der Waals surface area contributed by atoms with Gasteiger partial charge in [-0.2, -0.15) is 13.2 Å². The average molecular weight is 493 g/mol. The zero-order valence-electron chi connectivity index (χ0n) is 19.7. The van der Waals surface area contributed by atoms with Crippen molar-refractivity contribution in [1.29, 1.82) is 0 Å². The van der Waals surface area contributed by atoms with Crippen molar-refractivity contribution in [3.05, 3.63) is 47.0 Å². The van der Waals surface area contributed by atoms with E-state index in [2.05, 4.69) is 15.3 Å². The summed E-state index contributed by atoms with van der Waals surface area (Å²) in [6.45, 7) is 6.99. The molecule has 1 aromatic heterocycles. The number of nitrogens with one attached hydrogen (secondary N) is 2. The summed E-state index contributed by atoms with van der Waals surface area (Å²) >= 11 is 0. The van der Waals surface area contributed by atoms with Gasteiger partial charge in [0.25, 0.3) is 5.91 Å². The Morgan fingerprint density at radius 1 is 1.17 bits per heavy atom. The zero-order valence-corrected chi connectivity index (χ0v) is 19.7. The number of aromatic nitrogens is 2. The van der Waals surface area contributed by atoms with Gasteiger partial charge in [0.05, 0.1) is 41.0 Å². The molecule has 0 aliphatic rings. The number of hydrogen-bond acceptors (Lipinski definition) is 6. The van der Waals surface area contributed by atoms with Crippen LogP contribution in [0, 0.1) is 5.41 Å². The molecule has 0 aliphatic heterocycles. The van der Waals surface area contributed by atoms with Crippen LogP contribution in [0.4, 0.5) is 24.8 Å². The van der Waals surface area contributed by atoms with E-state index < -0.39 is 23.1 Å². The molecule has 35 heavy (non-hydrogen) atoms. The third kappa shape index (κ3) is 5.83. The number of carbonyl (C=O) groups is 2. The molecule has 2 aromatic carbocycles. The summed E-state index contributed by atoms with van der Waals surface area (Å²) in [5, 5.41) is 3.62. The molecular weight excluding hydrogens is 465 g/mol. The Labute approximate surface area is 199 Å². The molecule has 12 heteroatoms. The van der Waals surface area contributed by atoms with Crippen LogP contribution in [-0.4, -0.2) is 33.4 Å². The van der Waals surface area contributed by atoms with E-state index in [0.717, 1.165) is 11.1 Å². The molecule has 3 rings (SSSR count). The number of hydrazine groups is 1. The number of nitrogens with two attached hydrogens (primary N) is 2. The summed E-state index contributed by atoms with van der Waals surface area (Å²) in [6.07, 6.45) is -4.65. The highest BCUT2D eigenvalue weighted by Gasteiger charge is 2.34. The molecule has 6 N–H and O–H groups in total. The van der Waals surface area contributed by atoms with Crippen LogP contribution in [-0.2, 0) is 17.5 Å². The molecule has 0 unspecified atom stereocenters. The van der Waals surface area contributed by atoms with E-state index in [1.165, 1.54) is 24.3 Å². The Kier molecular flexibility index (Phi) is 6.97. The van der Waals surface area contributed by atoms with Crippen molar-refractivity contribution in [2.45, 2.75) is 40.4 Å². The molecular formula is C23H27F3N6O3. The smallest absolute Gasteiger partial charge is 0.418 e. The number of ether oxygens (including phenoxy) is 1. The first-order chi connectivity index (χ1) is 16.2. The fourth-order valence-corrected chi connectivity index (χ4v) is 3.43. The van der Waals surface area contributed by atoms with E-state index in [0.29, 0.717) is 16.6 Å². The van der Waals surface area contributed by atoms with Crippen molar-refractivity contribution < 1.29 is 27.5 Å². The second-order valence-corrected chi connectivity index (χ2v) is 8.93. The minimum atomic E-state index is -4.65. The van der Waals surface area contributed by atoms with Gasteiger partial charge >= 0.3 is 6.18 Å². The zero-order chi connectivity index (χ0) is 26.1. The maximum Gasteiger partial charge on any atom is 0.418 e. The number of imidazole rings is 1. The molecule has 2 amide bonds. The maximum atomic E-state index is 13.7. The monoisotopic (exact) mass is 492 g/mol. The highest BCUT2D eigenvalue weighted by atomic mass is 19.4. The number of primary amides is 1. The number of hydrogen-bond donors (Lipinski definition) is 4. The van der Waals surface area contributed by atoms with Gasteiger partial charge in [0, 0.05) is 11.5 Å². The fraction of sp³-hybridized carbons (Fsp3) is 0.348. The summed E-state index contributed by atoms with van der Waals surface area (Å²) < 4.78 is 46.5. The molecule has 3 aromatic rings. The summed E-state index contributed by atoms with van der Waals surface area (Å²) in [5.41, 5.74) is 4.65. The Bertz CT molecular complexity index is 1260. The SMILES string of the molecule is CCOc1cc2[nH]c(Nc3cc(CN(N)C(=O)C(C)(C)C)ccc3C(F)(F)F)nc2cc1C(N)=O. The van der Waals surface area contributed by atoms with Crippen molar-refractivity contribution in [2.24, 2.45) is 17.0 Å². The maximum absolute atomic E-state index is 13.7. The molecule has 0 aliphatic carbocycles. The lowest BCUT2D eigenvalue weighted by Crippen LogP contribution is -2.43. The summed E-state index contributed by atoms with van der Waals surface area (Å²) in [4.78, 5) is 31.2. The predicted molar refractivity (Wildman–Crippen MR) is 125 cm³/mol. The van der Waals surface area contributed by atoms with E-state index in [9.17, 15) is 22.8 Å². The van der Waals surface area contributed by atoms with E-state index in [-0.39, 0.29) is 42.0 Å². The van der Waals surface area contributed by atoms with Crippen LogP contribution in [0.25, 0.3) is 11.0 Å². The van der Waals surface area contributed by atoms with Crippen molar-refractivity contribution in [3.8, 4) is 5.75 Å². The summed E-state index contributed by atoms with van der Waals surface area (Å²) in [5.74, 6) is 5.01. The number of benzene rings is 2. The first-order valence-corrected chi connectivity index (χ1v) is 10.7. The molecule has 0 bridgehead atoms. The van der Waals surface area contributed by atoms with Crippen molar-refractivity contribution in [3.63, 3.8) is 0 Å². The minimum absolute atomic E-state index is 0.00194. The number of amides is 2. The average Bonchev–Trinajstić information content (AvgIpc) is 3.12. The number of rotatable bonds is 7. The third-order valence-corrected chi connectivity index (χ3v) is 5.05. The van der Waals surface area contributed by atoms with Crippen molar-refractivity contribution >= 4 is 34.5 Å². The lowest BCUT2D eigenvalue weighted by Gasteiger charge is -2.25. The first-order valence-electron chi connectivity index (χ1n) is 10.7. The number of halogens is 3. The van der Waals surface area contributed by atoms with Gasteiger partial charge in [-0.05, 0) is 30.7 Å². The predicted octanol–water partition coefficient (Wildman–Crippen LogP) is 4.07. The highest BCUT2D eigenvalue weighted by molar-refractivity contribution is 5.99. The molecule has 9 nitrogen and oxygen atoms in total. The number of anilines is 2. The van der Waals surface area contributed by atoms with Crippen LogP contribution in [0.1, 0.15) is 49.2 Å². The number of alkyl halides is 3. The van der Waals surface area contributed by atoms with E-state index in [1.54, 1.807) is 27.7 Å². The van der Waals surface area contributed by atoms with Crippen molar-refractivity contribution in [2.75, 3.05) is 11.9 Å². The number of aromatic amines is 1. The standard InChI is InChI=1S/C23H27F3N6O3/c1-5-35-18-10-17-16(9-13(18)19(27)33)30-21(31-17)29-15-8-12(6-7-14(15)23(24,25)26)11-32(28)20(34)22(2,3)4/h6-10H,5,11,28H2,1-4H3,(H2,27,33)(H2,29,30,31). The van der Waals surface area contributed by atoms with Crippen LogP contribution in [0.2, 0.25) is 0 Å². The second kappa shape index (κ2) is 9.45. The summed E-state index contributed by atoms with van der Waals surface area (Å²) in [6, 6.07) is 6.33. The van der Waals surface area contributed by atoms with Crippen molar-refractivity contribution in [1.82, 2.24) is 15.0 Å². The van der Waals surface area contributed by atoms with Crippen LogP contribution >= 0.6 is 0 Å². The Morgan fingerprint density at radius 2 is 1.86 bits per heavy atom. The molecule has 0 spiro atoms. The minimum Gasteiger partial charge on any atom is -0.493 e. The number of carbonyl (C=O) groups excluding carboxylic acids is 2. The molecule has 0 atom stereocenters. The highest BCUT2D eigenvalue weighted by Crippen LogP contribution is 2.37. The molecule has 0 saturated heterocycles. The number of fused-ring (bicyclic) bond motifs is 1. The van der Waals surface area contributed by atoms with E-state index in [4.69, 9.17) is 16.3 Å².